The van der Waals surface area contributed by atoms with E-state index in [4.69, 9.17) is 11.5 Å². The Kier molecular flexibility index (Phi) is 9.11. The van der Waals surface area contributed by atoms with Gasteiger partial charge in [0.15, 0.2) is 0 Å². The Bertz CT molecular complexity index is 1370. The Morgan fingerprint density at radius 3 is 1.62 bits per heavy atom. The minimum Gasteiger partial charge on any atom is -0.325 e. The highest BCUT2D eigenvalue weighted by molar-refractivity contribution is 7.15. The molecule has 0 aromatic carbocycles. The fourth-order valence-electron chi connectivity index (χ4n) is 4.68. The summed E-state index contributed by atoms with van der Waals surface area (Å²) >= 11 is 2.80. The molecule has 0 saturated heterocycles. The average Bonchev–Trinajstić information content (AvgIpc) is 3.63. The number of rotatable bonds is 10. The lowest BCUT2D eigenvalue weighted by Crippen LogP contribution is -2.15. The first-order valence-corrected chi connectivity index (χ1v) is 14.7. The molecule has 0 spiro atoms. The molecule has 1 aliphatic rings. The molecule has 5 rings (SSSR count). The molecule has 0 aliphatic heterocycles. The van der Waals surface area contributed by atoms with Gasteiger partial charge in [0.1, 0.15) is 10.0 Å². The maximum atomic E-state index is 12.5. The molecule has 2 amide bonds. The van der Waals surface area contributed by atoms with Crippen molar-refractivity contribution in [3.8, 4) is 0 Å². The molecule has 14 heteroatoms. The summed E-state index contributed by atoms with van der Waals surface area (Å²) < 4.78 is 0. The second-order valence-electron chi connectivity index (χ2n) is 9.55. The summed E-state index contributed by atoms with van der Waals surface area (Å²) in [6.45, 7) is 0.653. The molecular weight excluding hydrogens is 548 g/mol. The highest BCUT2D eigenvalue weighted by Gasteiger charge is 2.29. The van der Waals surface area contributed by atoms with Crippen LogP contribution in [0, 0.1) is 0 Å². The second-order valence-corrected chi connectivity index (χ2v) is 11.6. The van der Waals surface area contributed by atoms with Crippen molar-refractivity contribution >= 4 is 44.8 Å². The number of hydrogen-bond donors (Lipinski definition) is 4. The quantitative estimate of drug-likeness (QED) is 0.218. The minimum absolute atomic E-state index is 0.140. The zero-order chi connectivity index (χ0) is 27.9. The van der Waals surface area contributed by atoms with Crippen LogP contribution in [-0.2, 0) is 35.5 Å². The van der Waals surface area contributed by atoms with Crippen LogP contribution in [0.3, 0.4) is 0 Å². The molecule has 1 saturated carbocycles. The zero-order valence-corrected chi connectivity index (χ0v) is 23.4. The summed E-state index contributed by atoms with van der Waals surface area (Å²) in [4.78, 5) is 33.8. The lowest BCUT2D eigenvalue weighted by molar-refractivity contribution is -0.116. The highest BCUT2D eigenvalue weighted by Crippen LogP contribution is 2.43. The van der Waals surface area contributed by atoms with Crippen molar-refractivity contribution in [3.63, 3.8) is 0 Å². The van der Waals surface area contributed by atoms with E-state index in [1.165, 1.54) is 22.7 Å². The first-order chi connectivity index (χ1) is 19.5. The lowest BCUT2D eigenvalue weighted by atomic mass is 9.82. The van der Waals surface area contributed by atoms with Gasteiger partial charge in [-0.3, -0.25) is 19.6 Å². The van der Waals surface area contributed by atoms with E-state index in [1.807, 2.05) is 24.3 Å². The number of anilines is 2. The summed E-state index contributed by atoms with van der Waals surface area (Å²) in [5, 5.41) is 25.6. The molecule has 0 unspecified atom stereocenters. The van der Waals surface area contributed by atoms with Crippen molar-refractivity contribution in [2.45, 2.75) is 63.5 Å². The van der Waals surface area contributed by atoms with Crippen molar-refractivity contribution in [1.29, 1.82) is 0 Å². The van der Waals surface area contributed by atoms with Crippen molar-refractivity contribution in [1.82, 2.24) is 30.4 Å². The van der Waals surface area contributed by atoms with Crippen LogP contribution in [0.4, 0.5) is 10.3 Å². The molecule has 0 radical (unpaired) electrons. The van der Waals surface area contributed by atoms with Gasteiger partial charge in [0.25, 0.3) is 0 Å². The average molecular weight is 579 g/mol. The number of carbonyl (C=O) groups is 2. The van der Waals surface area contributed by atoms with Gasteiger partial charge in [-0.2, -0.15) is 0 Å². The van der Waals surface area contributed by atoms with Gasteiger partial charge in [-0.25, -0.2) is 0 Å². The van der Waals surface area contributed by atoms with E-state index >= 15 is 0 Å². The number of amides is 2. The van der Waals surface area contributed by atoms with Crippen LogP contribution in [-0.4, -0.2) is 42.2 Å². The molecule has 1 aliphatic carbocycles. The number of nitrogens with one attached hydrogen (secondary N) is 2. The third-order valence-electron chi connectivity index (χ3n) is 6.58. The number of hydrogen-bond acceptors (Lipinski definition) is 12. The number of pyridine rings is 2. The van der Waals surface area contributed by atoms with Crippen LogP contribution in [0.1, 0.15) is 70.3 Å². The van der Waals surface area contributed by atoms with Gasteiger partial charge in [0, 0.05) is 24.9 Å². The van der Waals surface area contributed by atoms with Crippen molar-refractivity contribution in [2.75, 3.05) is 10.6 Å². The Hall–Kier alpha value is -3.72. The fraction of sp³-hybridized carbons (Fsp3) is 0.385. The van der Waals surface area contributed by atoms with Gasteiger partial charge >= 0.3 is 0 Å². The van der Waals surface area contributed by atoms with Crippen molar-refractivity contribution in [3.05, 3.63) is 69.2 Å². The molecule has 4 aromatic heterocycles. The standard InChI is InChI=1S/C26H30N10O2S2/c27-13-19-8-2-6-17(29-19)11-21(37)31-25-35-33-23(39-25)15-4-1-5-16(10-15)24-34-36-26(40-24)32-22(38)12-18-7-3-9-20(14-28)30-18/h2-3,6-9,15-16H,1,4-5,10-14,27-28H2,(H,31,35,37)(H,32,36,38)/t15-,16-/m0/s1. The summed E-state index contributed by atoms with van der Waals surface area (Å²) in [5.41, 5.74) is 14.1. The van der Waals surface area contributed by atoms with Gasteiger partial charge in [0.05, 0.1) is 35.6 Å². The molecule has 208 valence electrons. The van der Waals surface area contributed by atoms with Gasteiger partial charge in [0.2, 0.25) is 22.1 Å². The molecular formula is C26H30N10O2S2. The van der Waals surface area contributed by atoms with E-state index in [0.29, 0.717) is 34.7 Å². The van der Waals surface area contributed by atoms with E-state index in [9.17, 15) is 9.59 Å². The van der Waals surface area contributed by atoms with Crippen LogP contribution in [0.15, 0.2) is 36.4 Å². The summed E-state index contributed by atoms with van der Waals surface area (Å²) in [6.07, 6.45) is 4.14. The van der Waals surface area contributed by atoms with Gasteiger partial charge < -0.3 is 22.1 Å². The van der Waals surface area contributed by atoms with E-state index < -0.39 is 0 Å². The highest BCUT2D eigenvalue weighted by atomic mass is 32.1. The van der Waals surface area contributed by atoms with Gasteiger partial charge in [-0.1, -0.05) is 41.2 Å². The molecule has 4 aromatic rings. The number of carbonyl (C=O) groups excluding carboxylic acids is 2. The molecule has 1 fully saturated rings. The first-order valence-electron chi connectivity index (χ1n) is 13.0. The molecule has 12 nitrogen and oxygen atoms in total. The predicted octanol–water partition coefficient (Wildman–Crippen LogP) is 2.90. The van der Waals surface area contributed by atoms with Crippen molar-refractivity contribution < 1.29 is 9.59 Å². The van der Waals surface area contributed by atoms with E-state index in [0.717, 1.165) is 47.1 Å². The van der Waals surface area contributed by atoms with Crippen LogP contribution < -0.4 is 22.1 Å². The molecule has 0 bridgehead atoms. The smallest absolute Gasteiger partial charge is 0.232 e. The summed E-state index contributed by atoms with van der Waals surface area (Å²) in [6, 6.07) is 10.9. The van der Waals surface area contributed by atoms with Crippen LogP contribution in [0.5, 0.6) is 0 Å². The first kappa shape index (κ1) is 27.8. The molecule has 4 heterocycles. The van der Waals surface area contributed by atoms with Crippen LogP contribution in [0.2, 0.25) is 0 Å². The number of nitrogens with two attached hydrogens (primary N) is 2. The normalized spacial score (nSPS) is 16.9. The second kappa shape index (κ2) is 13.1. The molecule has 2 atom stereocenters. The number of aromatic nitrogens is 6. The zero-order valence-electron chi connectivity index (χ0n) is 21.7. The fourth-order valence-corrected chi connectivity index (χ4v) is 6.49. The van der Waals surface area contributed by atoms with Crippen LogP contribution in [0.25, 0.3) is 0 Å². The van der Waals surface area contributed by atoms with E-state index in [-0.39, 0.29) is 36.5 Å². The topological polar surface area (TPSA) is 188 Å². The lowest BCUT2D eigenvalue weighted by Gasteiger charge is -2.25. The maximum absolute atomic E-state index is 12.5. The predicted molar refractivity (Wildman–Crippen MR) is 153 cm³/mol. The van der Waals surface area contributed by atoms with Gasteiger partial charge in [-0.05, 0) is 43.5 Å². The molecule has 6 N–H and O–H groups in total. The monoisotopic (exact) mass is 578 g/mol. The summed E-state index contributed by atoms with van der Waals surface area (Å²) in [5.74, 6) is 0.0367. The Balaban J connectivity index is 1.14. The largest absolute Gasteiger partial charge is 0.325 e. The minimum atomic E-state index is -0.197. The summed E-state index contributed by atoms with van der Waals surface area (Å²) in [7, 11) is 0. The maximum Gasteiger partial charge on any atom is 0.232 e. The number of nitrogens with zero attached hydrogens (tertiary/aromatic N) is 6. The Morgan fingerprint density at radius 2 is 1.18 bits per heavy atom. The molecule has 40 heavy (non-hydrogen) atoms. The Morgan fingerprint density at radius 1 is 0.725 bits per heavy atom. The van der Waals surface area contributed by atoms with Gasteiger partial charge in [-0.15, -0.1) is 20.4 Å². The van der Waals surface area contributed by atoms with E-state index in [2.05, 4.69) is 41.0 Å². The Labute approximate surface area is 239 Å². The van der Waals surface area contributed by atoms with E-state index in [1.54, 1.807) is 12.1 Å². The van der Waals surface area contributed by atoms with Crippen LogP contribution >= 0.6 is 22.7 Å². The SMILES string of the molecule is NCc1cccc(CC(=O)Nc2nnc([C@H]3CCC[C@H](c4nnc(NC(=O)Cc5cccc(CN)n5)s4)C3)s2)n1. The third-order valence-corrected chi connectivity index (χ3v) is 8.58. The van der Waals surface area contributed by atoms with Crippen molar-refractivity contribution in [2.24, 2.45) is 11.5 Å². The third kappa shape index (κ3) is 7.27.